The van der Waals surface area contributed by atoms with E-state index in [4.69, 9.17) is 8.83 Å². The number of nitrogens with zero attached hydrogens (tertiary/aromatic N) is 4. The molecule has 8 heteroatoms. The number of carbonyl (C=O) groups is 1. The summed E-state index contributed by atoms with van der Waals surface area (Å²) in [5.74, 6) is 1.21. The van der Waals surface area contributed by atoms with Crippen LogP contribution in [0.25, 0.3) is 0 Å². The summed E-state index contributed by atoms with van der Waals surface area (Å²) in [6, 6.07) is 9.12. The SMILES string of the molecule is Cc1nc(SCC(=O)N2N=C(c3ccco3)C[C@@H]2c2ccco2)c(C#N)c(C)c1C. The molecule has 0 radical (unpaired) electrons. The predicted molar refractivity (Wildman–Crippen MR) is 112 cm³/mol. The summed E-state index contributed by atoms with van der Waals surface area (Å²) in [5, 5.41) is 16.1. The van der Waals surface area contributed by atoms with Gasteiger partial charge in [0.05, 0.1) is 23.8 Å². The summed E-state index contributed by atoms with van der Waals surface area (Å²) in [6.45, 7) is 5.76. The second kappa shape index (κ2) is 8.20. The Morgan fingerprint density at radius 1 is 1.23 bits per heavy atom. The zero-order chi connectivity index (χ0) is 21.3. The molecule has 1 aliphatic heterocycles. The molecule has 4 rings (SSSR count). The first-order valence-corrected chi connectivity index (χ1v) is 10.5. The highest BCUT2D eigenvalue weighted by Gasteiger charge is 2.35. The van der Waals surface area contributed by atoms with Crippen molar-refractivity contribution in [2.45, 2.75) is 38.3 Å². The molecule has 1 atom stereocenters. The number of carbonyl (C=O) groups excluding carboxylic acids is 1. The van der Waals surface area contributed by atoms with E-state index in [-0.39, 0.29) is 17.7 Å². The third-order valence-corrected chi connectivity index (χ3v) is 6.21. The Labute approximate surface area is 178 Å². The Balaban J connectivity index is 1.58. The van der Waals surface area contributed by atoms with Crippen molar-refractivity contribution in [1.29, 1.82) is 5.26 Å². The summed E-state index contributed by atoms with van der Waals surface area (Å²) in [5.41, 5.74) is 3.95. The Kier molecular flexibility index (Phi) is 5.46. The molecule has 7 nitrogen and oxygen atoms in total. The van der Waals surface area contributed by atoms with Gasteiger partial charge in [0.2, 0.25) is 0 Å². The molecule has 152 valence electrons. The van der Waals surface area contributed by atoms with Gasteiger partial charge in [-0.15, -0.1) is 0 Å². The third-order valence-electron chi connectivity index (χ3n) is 5.25. The van der Waals surface area contributed by atoms with Crippen molar-refractivity contribution in [2.24, 2.45) is 5.10 Å². The van der Waals surface area contributed by atoms with Crippen molar-refractivity contribution in [3.05, 3.63) is 70.7 Å². The number of hydrogen-bond donors (Lipinski definition) is 0. The monoisotopic (exact) mass is 420 g/mol. The van der Waals surface area contributed by atoms with Gasteiger partial charge >= 0.3 is 0 Å². The van der Waals surface area contributed by atoms with Gasteiger partial charge in [0, 0.05) is 12.1 Å². The van der Waals surface area contributed by atoms with Crippen LogP contribution in [0.2, 0.25) is 0 Å². The first-order chi connectivity index (χ1) is 14.5. The Morgan fingerprint density at radius 2 is 2.00 bits per heavy atom. The molecule has 0 saturated carbocycles. The van der Waals surface area contributed by atoms with Crippen LogP contribution in [-0.4, -0.2) is 27.4 Å². The number of amides is 1. The van der Waals surface area contributed by atoms with Crippen LogP contribution < -0.4 is 0 Å². The van der Waals surface area contributed by atoms with Crippen molar-refractivity contribution in [3.63, 3.8) is 0 Å². The van der Waals surface area contributed by atoms with E-state index in [1.807, 2.05) is 32.9 Å². The minimum absolute atomic E-state index is 0.107. The Bertz CT molecular complexity index is 1140. The molecule has 0 spiro atoms. The van der Waals surface area contributed by atoms with Crippen LogP contribution in [0.4, 0.5) is 0 Å². The normalized spacial score (nSPS) is 15.9. The molecule has 1 aliphatic rings. The zero-order valence-corrected chi connectivity index (χ0v) is 17.7. The number of furan rings is 2. The summed E-state index contributed by atoms with van der Waals surface area (Å²) >= 11 is 1.25. The highest BCUT2D eigenvalue weighted by Crippen LogP contribution is 2.34. The molecule has 4 heterocycles. The van der Waals surface area contributed by atoms with Crippen LogP contribution in [0.15, 0.2) is 55.8 Å². The van der Waals surface area contributed by atoms with Gasteiger partial charge in [0.1, 0.15) is 34.4 Å². The molecule has 0 bridgehead atoms. The topological polar surface area (TPSA) is 95.6 Å². The fraction of sp³-hybridized carbons (Fsp3) is 0.273. The van der Waals surface area contributed by atoms with Crippen molar-refractivity contribution in [3.8, 4) is 6.07 Å². The second-order valence-electron chi connectivity index (χ2n) is 7.03. The zero-order valence-electron chi connectivity index (χ0n) is 16.9. The van der Waals surface area contributed by atoms with E-state index in [0.29, 0.717) is 34.2 Å². The van der Waals surface area contributed by atoms with Gasteiger partial charge in [-0.2, -0.15) is 10.4 Å². The second-order valence-corrected chi connectivity index (χ2v) is 7.99. The number of rotatable bonds is 5. The first-order valence-electron chi connectivity index (χ1n) is 9.47. The number of nitriles is 1. The van der Waals surface area contributed by atoms with Crippen molar-refractivity contribution in [1.82, 2.24) is 9.99 Å². The number of aryl methyl sites for hydroxylation is 1. The van der Waals surface area contributed by atoms with E-state index < -0.39 is 0 Å². The molecule has 0 N–H and O–H groups in total. The largest absolute Gasteiger partial charge is 0.467 e. The van der Waals surface area contributed by atoms with E-state index in [2.05, 4.69) is 16.2 Å². The van der Waals surface area contributed by atoms with Gasteiger partial charge < -0.3 is 8.83 Å². The van der Waals surface area contributed by atoms with Crippen LogP contribution in [0.5, 0.6) is 0 Å². The fourth-order valence-corrected chi connectivity index (χ4v) is 4.32. The molecular formula is C22H20N4O3S. The number of thioether (sulfide) groups is 1. The van der Waals surface area contributed by atoms with Crippen molar-refractivity contribution >= 4 is 23.4 Å². The quantitative estimate of drug-likeness (QED) is 0.563. The standard InChI is InChI=1S/C22H20N4O3S/c1-13-14(2)16(11-23)22(24-15(13)3)30-12-21(27)26-18(20-7-5-9-29-20)10-17(25-26)19-6-4-8-28-19/h4-9,18H,10,12H2,1-3H3/t18-/m1/s1. The van der Waals surface area contributed by atoms with E-state index in [0.717, 1.165) is 16.8 Å². The molecule has 1 amide bonds. The number of hydrogen-bond acceptors (Lipinski definition) is 7. The first kappa shape index (κ1) is 20.0. The van der Waals surface area contributed by atoms with Crippen molar-refractivity contribution < 1.29 is 13.6 Å². The highest BCUT2D eigenvalue weighted by molar-refractivity contribution is 8.00. The van der Waals surface area contributed by atoms with E-state index >= 15 is 0 Å². The van der Waals surface area contributed by atoms with E-state index in [1.54, 1.807) is 24.7 Å². The van der Waals surface area contributed by atoms with Crippen LogP contribution in [-0.2, 0) is 4.79 Å². The molecule has 30 heavy (non-hydrogen) atoms. The predicted octanol–water partition coefficient (Wildman–Crippen LogP) is 4.53. The average Bonchev–Trinajstić information content (AvgIpc) is 3.50. The average molecular weight is 420 g/mol. The lowest BCUT2D eigenvalue weighted by Gasteiger charge is -2.20. The van der Waals surface area contributed by atoms with Gasteiger partial charge in [0.25, 0.3) is 5.91 Å². The minimum atomic E-state index is -0.335. The summed E-state index contributed by atoms with van der Waals surface area (Å²) in [7, 11) is 0. The molecule has 3 aromatic rings. The van der Waals surface area contributed by atoms with Gasteiger partial charge in [-0.1, -0.05) is 11.8 Å². The molecular weight excluding hydrogens is 400 g/mol. The van der Waals surface area contributed by atoms with Crippen LogP contribution in [0, 0.1) is 32.1 Å². The van der Waals surface area contributed by atoms with Crippen molar-refractivity contribution in [2.75, 3.05) is 5.75 Å². The smallest absolute Gasteiger partial charge is 0.253 e. The number of pyridine rings is 1. The molecule has 3 aromatic heterocycles. The Hall–Kier alpha value is -3.31. The molecule has 0 saturated heterocycles. The van der Waals surface area contributed by atoms with Crippen LogP contribution in [0.1, 0.15) is 46.4 Å². The fourth-order valence-electron chi connectivity index (χ4n) is 3.38. The summed E-state index contributed by atoms with van der Waals surface area (Å²) in [6.07, 6.45) is 3.66. The van der Waals surface area contributed by atoms with Gasteiger partial charge in [0.15, 0.2) is 0 Å². The Morgan fingerprint density at radius 3 is 2.67 bits per heavy atom. The van der Waals surface area contributed by atoms with Gasteiger partial charge in [-0.05, 0) is 56.2 Å². The lowest BCUT2D eigenvalue weighted by atomic mass is 10.1. The van der Waals surface area contributed by atoms with Crippen LogP contribution >= 0.6 is 11.8 Å². The van der Waals surface area contributed by atoms with Gasteiger partial charge in [-0.3, -0.25) is 4.79 Å². The number of aromatic nitrogens is 1. The molecule has 0 unspecified atom stereocenters. The third kappa shape index (κ3) is 3.64. The summed E-state index contributed by atoms with van der Waals surface area (Å²) < 4.78 is 11.0. The highest BCUT2D eigenvalue weighted by atomic mass is 32.2. The van der Waals surface area contributed by atoms with E-state index in [1.165, 1.54) is 16.8 Å². The maximum Gasteiger partial charge on any atom is 0.253 e. The van der Waals surface area contributed by atoms with Crippen LogP contribution in [0.3, 0.4) is 0 Å². The lowest BCUT2D eigenvalue weighted by molar-refractivity contribution is -0.130. The van der Waals surface area contributed by atoms with Gasteiger partial charge in [-0.25, -0.2) is 9.99 Å². The number of hydrazone groups is 1. The van der Waals surface area contributed by atoms with E-state index in [9.17, 15) is 10.1 Å². The minimum Gasteiger partial charge on any atom is -0.467 e. The lowest BCUT2D eigenvalue weighted by Crippen LogP contribution is -2.28. The molecule has 0 aliphatic carbocycles. The maximum absolute atomic E-state index is 13.1. The maximum atomic E-state index is 13.1. The molecule has 0 aromatic carbocycles. The summed E-state index contributed by atoms with van der Waals surface area (Å²) in [4.78, 5) is 17.6. The molecule has 0 fully saturated rings.